The van der Waals surface area contributed by atoms with Gasteiger partial charge in [0.05, 0.1) is 12.0 Å². The number of rotatable bonds is 2. The zero-order valence-electron chi connectivity index (χ0n) is 10.2. The molecule has 0 aromatic carbocycles. The van der Waals surface area contributed by atoms with E-state index in [0.29, 0.717) is 18.4 Å². The van der Waals surface area contributed by atoms with Crippen molar-refractivity contribution in [3.05, 3.63) is 21.9 Å². The summed E-state index contributed by atoms with van der Waals surface area (Å²) in [5.74, 6) is -2.05. The van der Waals surface area contributed by atoms with E-state index in [-0.39, 0.29) is 6.42 Å². The summed E-state index contributed by atoms with van der Waals surface area (Å²) in [6.07, 6.45) is -3.19. The molecule has 5 heteroatoms. The van der Waals surface area contributed by atoms with Crippen molar-refractivity contribution in [3.63, 3.8) is 0 Å². The lowest BCUT2D eigenvalue weighted by Crippen LogP contribution is -2.36. The number of aliphatic hydroxyl groups is 1. The molecule has 1 aromatic heterocycles. The second-order valence-electron chi connectivity index (χ2n) is 4.97. The highest BCUT2D eigenvalue weighted by molar-refractivity contribution is 7.10. The van der Waals surface area contributed by atoms with Crippen LogP contribution in [-0.2, 0) is 0 Å². The second kappa shape index (κ2) is 5.21. The maximum atomic E-state index is 13.0. The molecule has 1 nitrogen and oxygen atoms in total. The van der Waals surface area contributed by atoms with Gasteiger partial charge < -0.3 is 5.11 Å². The van der Waals surface area contributed by atoms with E-state index in [2.05, 4.69) is 0 Å². The lowest BCUT2D eigenvalue weighted by molar-refractivity contribution is -0.207. The van der Waals surface area contributed by atoms with E-state index in [4.69, 9.17) is 0 Å². The molecule has 1 aliphatic rings. The number of aliphatic hydroxyl groups excluding tert-OH is 1. The summed E-state index contributed by atoms with van der Waals surface area (Å²) in [6, 6.07) is 1.74. The first-order valence-corrected chi connectivity index (χ1v) is 7.08. The van der Waals surface area contributed by atoms with Crippen molar-refractivity contribution in [1.82, 2.24) is 0 Å². The lowest BCUT2D eigenvalue weighted by Gasteiger charge is -2.36. The summed E-state index contributed by atoms with van der Waals surface area (Å²) in [5, 5.41) is 12.1. The lowest BCUT2D eigenvalue weighted by atomic mass is 9.74. The minimum atomic E-state index is -4.20. The van der Waals surface area contributed by atoms with Gasteiger partial charge in [0.1, 0.15) is 0 Å². The molecule has 0 bridgehead atoms. The maximum Gasteiger partial charge on any atom is 0.392 e. The molecule has 1 fully saturated rings. The number of thiophene rings is 1. The van der Waals surface area contributed by atoms with Gasteiger partial charge in [-0.1, -0.05) is 12.8 Å². The van der Waals surface area contributed by atoms with E-state index < -0.39 is 24.1 Å². The molecule has 3 atom stereocenters. The smallest absolute Gasteiger partial charge is 0.388 e. The molecule has 0 amide bonds. The number of aryl methyl sites for hydroxylation is 1. The van der Waals surface area contributed by atoms with E-state index in [1.54, 1.807) is 6.07 Å². The zero-order chi connectivity index (χ0) is 13.3. The van der Waals surface area contributed by atoms with Crippen molar-refractivity contribution in [2.24, 2.45) is 11.8 Å². The summed E-state index contributed by atoms with van der Waals surface area (Å²) in [5.41, 5.74) is 0.668. The Hall–Kier alpha value is -0.550. The van der Waals surface area contributed by atoms with Gasteiger partial charge in [-0.05, 0) is 36.8 Å². The van der Waals surface area contributed by atoms with Crippen LogP contribution in [0.3, 0.4) is 0 Å². The molecule has 1 aliphatic carbocycles. The molecule has 0 spiro atoms. The first-order valence-electron chi connectivity index (χ1n) is 6.20. The van der Waals surface area contributed by atoms with Crippen molar-refractivity contribution < 1.29 is 18.3 Å². The van der Waals surface area contributed by atoms with Crippen LogP contribution in [0.2, 0.25) is 0 Å². The predicted octanol–water partition coefficient (Wildman–Crippen LogP) is 4.46. The molecule has 3 unspecified atom stereocenters. The minimum Gasteiger partial charge on any atom is -0.388 e. The largest absolute Gasteiger partial charge is 0.392 e. The standard InChI is InChI=1S/C13H17F3OS/c1-8-9(6-7-18-8)12(17)10-4-2-3-5-11(10)13(14,15)16/h6-7,10-12,17H,2-5H2,1H3. The quantitative estimate of drug-likeness (QED) is 0.847. The number of hydrogen-bond donors (Lipinski definition) is 1. The summed E-state index contributed by atoms with van der Waals surface area (Å²) < 4.78 is 39.0. The summed E-state index contributed by atoms with van der Waals surface area (Å²) >= 11 is 1.46. The van der Waals surface area contributed by atoms with Gasteiger partial charge in [-0.25, -0.2) is 0 Å². The third-order valence-corrected chi connectivity index (χ3v) is 4.72. The van der Waals surface area contributed by atoms with Gasteiger partial charge in [0.15, 0.2) is 0 Å². The van der Waals surface area contributed by atoms with E-state index in [0.717, 1.165) is 11.3 Å². The highest BCUT2D eigenvalue weighted by Crippen LogP contribution is 2.47. The first-order chi connectivity index (χ1) is 8.41. The average molecular weight is 278 g/mol. The van der Waals surface area contributed by atoms with Gasteiger partial charge in [-0.2, -0.15) is 13.2 Å². The maximum absolute atomic E-state index is 13.0. The summed E-state index contributed by atoms with van der Waals surface area (Å²) in [4.78, 5) is 0.911. The third kappa shape index (κ3) is 2.72. The second-order valence-corrected chi connectivity index (χ2v) is 6.09. The summed E-state index contributed by atoms with van der Waals surface area (Å²) in [6.45, 7) is 1.84. The molecule has 1 saturated carbocycles. The molecule has 0 radical (unpaired) electrons. The van der Waals surface area contributed by atoms with Gasteiger partial charge in [0.25, 0.3) is 0 Å². The molecular weight excluding hydrogens is 261 g/mol. The molecule has 18 heavy (non-hydrogen) atoms. The Morgan fingerprint density at radius 1 is 1.33 bits per heavy atom. The van der Waals surface area contributed by atoms with Crippen LogP contribution in [0, 0.1) is 18.8 Å². The fraction of sp³-hybridized carbons (Fsp3) is 0.692. The van der Waals surface area contributed by atoms with Gasteiger partial charge in [-0.15, -0.1) is 11.3 Å². The van der Waals surface area contributed by atoms with E-state index in [1.807, 2.05) is 12.3 Å². The van der Waals surface area contributed by atoms with Crippen molar-refractivity contribution >= 4 is 11.3 Å². The fourth-order valence-corrected chi connectivity index (χ4v) is 3.62. The topological polar surface area (TPSA) is 20.2 Å². The Labute approximate surface area is 109 Å². The zero-order valence-corrected chi connectivity index (χ0v) is 11.0. The number of alkyl halides is 3. The van der Waals surface area contributed by atoms with E-state index in [1.165, 1.54) is 11.3 Å². The normalized spacial score (nSPS) is 27.2. The van der Waals surface area contributed by atoms with Crippen molar-refractivity contribution in [2.75, 3.05) is 0 Å². The van der Waals surface area contributed by atoms with Crippen molar-refractivity contribution in [3.8, 4) is 0 Å². The van der Waals surface area contributed by atoms with Crippen LogP contribution >= 0.6 is 11.3 Å². The van der Waals surface area contributed by atoms with Gasteiger partial charge in [-0.3, -0.25) is 0 Å². The third-order valence-electron chi connectivity index (χ3n) is 3.86. The Morgan fingerprint density at radius 3 is 2.56 bits per heavy atom. The van der Waals surface area contributed by atoms with Crippen LogP contribution in [0.4, 0.5) is 13.2 Å². The SMILES string of the molecule is Cc1sccc1C(O)C1CCCCC1C(F)(F)F. The Bertz CT molecular complexity index is 399. The first kappa shape index (κ1) is 13.9. The van der Waals surface area contributed by atoms with Crippen LogP contribution in [0.15, 0.2) is 11.4 Å². The average Bonchev–Trinajstić information content (AvgIpc) is 2.73. The van der Waals surface area contributed by atoms with Crippen LogP contribution < -0.4 is 0 Å². The molecule has 0 aliphatic heterocycles. The van der Waals surface area contributed by atoms with Gasteiger partial charge >= 0.3 is 6.18 Å². The van der Waals surface area contributed by atoms with Gasteiger partial charge in [0, 0.05) is 10.8 Å². The predicted molar refractivity (Wildman–Crippen MR) is 65.5 cm³/mol. The van der Waals surface area contributed by atoms with Crippen LogP contribution in [0.5, 0.6) is 0 Å². The Kier molecular flexibility index (Phi) is 4.02. The molecule has 1 aromatic rings. The van der Waals surface area contributed by atoms with Gasteiger partial charge in [0.2, 0.25) is 0 Å². The van der Waals surface area contributed by atoms with Crippen LogP contribution in [0.1, 0.15) is 42.2 Å². The van der Waals surface area contributed by atoms with Crippen LogP contribution in [0.25, 0.3) is 0 Å². The Balaban J connectivity index is 2.22. The Morgan fingerprint density at radius 2 is 2.00 bits per heavy atom. The molecule has 102 valence electrons. The number of hydrogen-bond acceptors (Lipinski definition) is 2. The van der Waals surface area contributed by atoms with Crippen molar-refractivity contribution in [1.29, 1.82) is 0 Å². The molecule has 0 saturated heterocycles. The number of halogens is 3. The molecule has 2 rings (SSSR count). The highest BCUT2D eigenvalue weighted by atomic mass is 32.1. The fourth-order valence-electron chi connectivity index (χ4n) is 2.88. The minimum absolute atomic E-state index is 0.147. The highest BCUT2D eigenvalue weighted by Gasteiger charge is 2.48. The monoisotopic (exact) mass is 278 g/mol. The van der Waals surface area contributed by atoms with Crippen LogP contribution in [-0.4, -0.2) is 11.3 Å². The summed E-state index contributed by atoms with van der Waals surface area (Å²) in [7, 11) is 0. The van der Waals surface area contributed by atoms with Crippen molar-refractivity contribution in [2.45, 2.75) is 44.9 Å². The molecular formula is C13H17F3OS. The van der Waals surface area contributed by atoms with E-state index >= 15 is 0 Å². The molecule has 1 heterocycles. The van der Waals surface area contributed by atoms with E-state index in [9.17, 15) is 18.3 Å². The molecule has 1 N–H and O–H groups in total.